The predicted octanol–water partition coefficient (Wildman–Crippen LogP) is 7.94. The minimum atomic E-state index is -1.84. The SMILES string of the molecule is [2H]C([2H])(c1cc(-c2c(C)ccc3c2oc2c(-c4ccccc4)cc([N+]#[C-])cc23)[n+](C)cc1F)C(C)C. The van der Waals surface area contributed by atoms with Gasteiger partial charge in [0, 0.05) is 30.7 Å². The van der Waals surface area contributed by atoms with E-state index < -0.39 is 18.1 Å². The third-order valence-corrected chi connectivity index (χ3v) is 6.07. The molecule has 0 aliphatic rings. The smallest absolute Gasteiger partial charge is 0.216 e. The van der Waals surface area contributed by atoms with Gasteiger partial charge < -0.3 is 4.42 Å². The van der Waals surface area contributed by atoms with E-state index in [-0.39, 0.29) is 5.56 Å². The van der Waals surface area contributed by atoms with Gasteiger partial charge in [-0.15, -0.1) is 0 Å². The van der Waals surface area contributed by atoms with Crippen LogP contribution >= 0.6 is 0 Å². The lowest BCUT2D eigenvalue weighted by molar-refractivity contribution is -0.662. The van der Waals surface area contributed by atoms with Crippen molar-refractivity contribution in [3.8, 4) is 22.4 Å². The van der Waals surface area contributed by atoms with E-state index in [1.807, 2.05) is 61.5 Å². The molecule has 0 amide bonds. The maximum Gasteiger partial charge on any atom is 0.216 e. The van der Waals surface area contributed by atoms with Crippen LogP contribution in [0.2, 0.25) is 0 Å². The van der Waals surface area contributed by atoms with Crippen molar-refractivity contribution in [2.24, 2.45) is 13.0 Å². The molecule has 0 aliphatic heterocycles. The average molecular weight is 452 g/mol. The van der Waals surface area contributed by atoms with Crippen LogP contribution in [0, 0.1) is 25.2 Å². The molecule has 5 aromatic rings. The number of rotatable bonds is 4. The van der Waals surface area contributed by atoms with Crippen LogP contribution in [-0.4, -0.2) is 0 Å². The van der Waals surface area contributed by atoms with Gasteiger partial charge in [-0.2, -0.15) is 4.57 Å². The lowest BCUT2D eigenvalue weighted by atomic mass is 9.96. The van der Waals surface area contributed by atoms with Gasteiger partial charge in [-0.3, -0.25) is 0 Å². The minimum Gasteiger partial charge on any atom is -0.455 e. The van der Waals surface area contributed by atoms with Crippen LogP contribution in [-0.2, 0) is 13.4 Å². The van der Waals surface area contributed by atoms with E-state index in [1.54, 1.807) is 31.5 Å². The van der Waals surface area contributed by atoms with Gasteiger partial charge in [-0.1, -0.05) is 56.3 Å². The van der Waals surface area contributed by atoms with Gasteiger partial charge in [0.15, 0.2) is 11.5 Å². The van der Waals surface area contributed by atoms with E-state index in [0.29, 0.717) is 22.5 Å². The minimum absolute atomic E-state index is 0.0263. The molecule has 0 saturated heterocycles. The van der Waals surface area contributed by atoms with Gasteiger partial charge in [0.05, 0.1) is 12.1 Å². The topological polar surface area (TPSA) is 21.4 Å². The highest BCUT2D eigenvalue weighted by molar-refractivity contribution is 6.14. The molecule has 168 valence electrons. The largest absolute Gasteiger partial charge is 0.455 e. The van der Waals surface area contributed by atoms with E-state index in [1.165, 1.54) is 6.20 Å². The Kier molecular flexibility index (Phi) is 4.83. The van der Waals surface area contributed by atoms with Crippen molar-refractivity contribution in [2.45, 2.75) is 27.1 Å². The quantitative estimate of drug-likeness (QED) is 0.201. The molecule has 0 bridgehead atoms. The molecule has 3 aromatic carbocycles. The molecule has 2 aromatic heterocycles. The fraction of sp³-hybridized carbons (Fsp3) is 0.200. The Labute approximate surface area is 201 Å². The summed E-state index contributed by atoms with van der Waals surface area (Å²) in [6.07, 6.45) is -0.508. The number of hydrogen-bond acceptors (Lipinski definition) is 1. The first kappa shape index (κ1) is 19.5. The second-order valence-corrected chi connectivity index (χ2v) is 8.91. The van der Waals surface area contributed by atoms with E-state index >= 15 is 0 Å². The maximum absolute atomic E-state index is 15.0. The summed E-state index contributed by atoms with van der Waals surface area (Å²) in [5, 5.41) is 1.69. The number of aryl methyl sites for hydroxylation is 2. The summed E-state index contributed by atoms with van der Waals surface area (Å²) in [6.45, 7) is 13.1. The number of furan rings is 1. The molecule has 4 heteroatoms. The Morgan fingerprint density at radius 1 is 1.06 bits per heavy atom. The van der Waals surface area contributed by atoms with E-state index in [2.05, 4.69) is 4.85 Å². The second-order valence-electron chi connectivity index (χ2n) is 8.91. The van der Waals surface area contributed by atoms with Gasteiger partial charge in [0.1, 0.15) is 18.2 Å². The molecular formula is C30H26FN2O+. The van der Waals surface area contributed by atoms with Crippen LogP contribution in [0.4, 0.5) is 10.1 Å². The molecule has 0 radical (unpaired) electrons. The van der Waals surface area contributed by atoms with Crippen molar-refractivity contribution in [1.82, 2.24) is 0 Å². The van der Waals surface area contributed by atoms with Crippen LogP contribution in [0.3, 0.4) is 0 Å². The zero-order valence-corrected chi connectivity index (χ0v) is 19.6. The second kappa shape index (κ2) is 8.43. The molecule has 0 saturated carbocycles. The molecular weight excluding hydrogens is 423 g/mol. The first-order valence-corrected chi connectivity index (χ1v) is 11.3. The number of pyridine rings is 1. The van der Waals surface area contributed by atoms with Crippen molar-refractivity contribution in [3.05, 3.63) is 95.2 Å². The number of fused-ring (bicyclic) bond motifs is 3. The first-order chi connectivity index (χ1) is 17.1. The number of aromatic nitrogens is 1. The van der Waals surface area contributed by atoms with Crippen molar-refractivity contribution in [1.29, 1.82) is 0 Å². The Hall–Kier alpha value is -3.97. The van der Waals surface area contributed by atoms with Gasteiger partial charge in [0.2, 0.25) is 11.9 Å². The van der Waals surface area contributed by atoms with Crippen LogP contribution in [0.1, 0.15) is 27.7 Å². The van der Waals surface area contributed by atoms with E-state index in [4.69, 9.17) is 13.7 Å². The van der Waals surface area contributed by atoms with E-state index in [0.717, 1.165) is 33.0 Å². The zero-order valence-electron chi connectivity index (χ0n) is 21.6. The van der Waals surface area contributed by atoms with Gasteiger partial charge in [0.25, 0.3) is 0 Å². The number of nitrogens with zero attached hydrogens (tertiary/aromatic N) is 2. The molecule has 5 rings (SSSR count). The Morgan fingerprint density at radius 3 is 2.53 bits per heavy atom. The molecule has 0 atom stereocenters. The summed E-state index contributed by atoms with van der Waals surface area (Å²) in [7, 11) is 1.75. The summed E-state index contributed by atoms with van der Waals surface area (Å²) in [5.41, 5.74) is 5.99. The van der Waals surface area contributed by atoms with Crippen LogP contribution in [0.5, 0.6) is 0 Å². The highest BCUT2D eigenvalue weighted by Crippen LogP contribution is 2.42. The van der Waals surface area contributed by atoms with Gasteiger partial charge in [-0.05, 0) is 42.5 Å². The Morgan fingerprint density at radius 2 is 1.82 bits per heavy atom. The van der Waals surface area contributed by atoms with Crippen LogP contribution in [0.25, 0.3) is 49.2 Å². The summed E-state index contributed by atoms with van der Waals surface area (Å²) >= 11 is 0. The lowest BCUT2D eigenvalue weighted by Gasteiger charge is -2.10. The monoisotopic (exact) mass is 451 g/mol. The van der Waals surface area contributed by atoms with Crippen LogP contribution in [0.15, 0.2) is 71.3 Å². The number of halogens is 1. The molecule has 0 spiro atoms. The number of benzene rings is 3. The third kappa shape index (κ3) is 3.64. The average Bonchev–Trinajstić information content (AvgIpc) is 3.22. The molecule has 34 heavy (non-hydrogen) atoms. The van der Waals surface area contributed by atoms with Crippen molar-refractivity contribution < 1.29 is 16.1 Å². The Balaban J connectivity index is 1.87. The molecule has 0 fully saturated rings. The summed E-state index contributed by atoms with van der Waals surface area (Å²) in [5.74, 6) is -0.987. The Bertz CT molecular complexity index is 1680. The standard InChI is InChI=1S/C30H26FN2O/c1-18(2)13-21-14-27(33(5)17-26(21)31)28-19(3)11-12-23-25-16-22(32-4)15-24(29(25)34-30(23)28)20-9-7-6-8-10-20/h6-12,14-18H,13H2,1-3,5H3/q+1/i13D2. The first-order valence-electron chi connectivity index (χ1n) is 12.3. The fourth-order valence-corrected chi connectivity index (χ4v) is 4.53. The van der Waals surface area contributed by atoms with Crippen molar-refractivity contribution in [2.75, 3.05) is 0 Å². The lowest BCUT2D eigenvalue weighted by Crippen LogP contribution is -2.32. The highest BCUT2D eigenvalue weighted by Gasteiger charge is 2.24. The van der Waals surface area contributed by atoms with Crippen molar-refractivity contribution in [3.63, 3.8) is 0 Å². The van der Waals surface area contributed by atoms with E-state index in [9.17, 15) is 4.39 Å². The zero-order chi connectivity index (χ0) is 25.8. The third-order valence-electron chi connectivity index (χ3n) is 6.07. The summed E-state index contributed by atoms with van der Waals surface area (Å²) in [6, 6.07) is 19.1. The predicted molar refractivity (Wildman–Crippen MR) is 135 cm³/mol. The van der Waals surface area contributed by atoms with Crippen molar-refractivity contribution >= 4 is 27.6 Å². The molecule has 2 heterocycles. The van der Waals surface area contributed by atoms with Gasteiger partial charge in [-0.25, -0.2) is 9.24 Å². The molecule has 0 aliphatic carbocycles. The molecule has 0 N–H and O–H groups in total. The normalized spacial score (nSPS) is 12.7. The summed E-state index contributed by atoms with van der Waals surface area (Å²) in [4.78, 5) is 3.69. The number of hydrogen-bond donors (Lipinski definition) is 0. The maximum atomic E-state index is 15.0. The molecule has 0 unspecified atom stereocenters. The van der Waals surface area contributed by atoms with Crippen LogP contribution < -0.4 is 4.57 Å². The summed E-state index contributed by atoms with van der Waals surface area (Å²) < 4.78 is 40.3. The fourth-order valence-electron chi connectivity index (χ4n) is 4.53. The highest BCUT2D eigenvalue weighted by atomic mass is 19.1. The molecule has 3 nitrogen and oxygen atoms in total. The van der Waals surface area contributed by atoms with Gasteiger partial charge >= 0.3 is 0 Å².